The van der Waals surface area contributed by atoms with Crippen LogP contribution in [0.3, 0.4) is 0 Å². The summed E-state index contributed by atoms with van der Waals surface area (Å²) in [5.74, 6) is 1.03. The number of aromatic nitrogens is 2. The molecule has 1 aromatic rings. The van der Waals surface area contributed by atoms with Crippen LogP contribution >= 0.6 is 0 Å². The average molecular weight is 332 g/mol. The highest BCUT2D eigenvalue weighted by Crippen LogP contribution is 2.33. The molecule has 2 N–H and O–H groups in total. The summed E-state index contributed by atoms with van der Waals surface area (Å²) >= 11 is 0. The highest BCUT2D eigenvalue weighted by atomic mass is 16.7. The molecule has 0 aromatic carbocycles. The molecule has 3 fully saturated rings. The molecule has 3 aliphatic rings. The van der Waals surface area contributed by atoms with Gasteiger partial charge in [-0.3, -0.25) is 14.3 Å². The van der Waals surface area contributed by atoms with Gasteiger partial charge in [-0.05, 0) is 31.6 Å². The quantitative estimate of drug-likeness (QED) is 0.889. The predicted molar refractivity (Wildman–Crippen MR) is 91.2 cm³/mol. The zero-order valence-corrected chi connectivity index (χ0v) is 14.2. The van der Waals surface area contributed by atoms with Crippen LogP contribution in [-0.4, -0.2) is 27.8 Å². The van der Waals surface area contributed by atoms with Crippen molar-refractivity contribution in [2.24, 2.45) is 11.8 Å². The van der Waals surface area contributed by atoms with E-state index in [1.807, 2.05) is 10.9 Å². The number of hydroxylamine groups is 1. The average Bonchev–Trinajstić information content (AvgIpc) is 3.22. The molecule has 0 radical (unpaired) electrons. The minimum Gasteiger partial charge on any atom is -0.322 e. The van der Waals surface area contributed by atoms with Gasteiger partial charge in [0.2, 0.25) is 5.91 Å². The van der Waals surface area contributed by atoms with Crippen LogP contribution in [0.5, 0.6) is 0 Å². The monoisotopic (exact) mass is 332 g/mol. The Hall–Kier alpha value is -1.40. The van der Waals surface area contributed by atoms with E-state index in [4.69, 9.17) is 4.84 Å². The topological polar surface area (TPSA) is 68.2 Å². The van der Waals surface area contributed by atoms with Crippen molar-refractivity contribution in [2.45, 2.75) is 76.5 Å². The number of rotatable bonds is 4. The fourth-order valence-corrected chi connectivity index (χ4v) is 4.53. The van der Waals surface area contributed by atoms with Gasteiger partial charge in [0, 0.05) is 18.7 Å². The summed E-state index contributed by atoms with van der Waals surface area (Å²) in [7, 11) is 0. The van der Waals surface area contributed by atoms with Gasteiger partial charge in [-0.25, -0.2) is 0 Å². The summed E-state index contributed by atoms with van der Waals surface area (Å²) in [6, 6.07) is -0.239. The van der Waals surface area contributed by atoms with Gasteiger partial charge < -0.3 is 5.32 Å². The molecule has 6 nitrogen and oxygen atoms in total. The van der Waals surface area contributed by atoms with Gasteiger partial charge >= 0.3 is 0 Å². The largest absolute Gasteiger partial charge is 0.322 e. The standard InChI is InChI=1S/C18H28N4O2/c23-18(17-15-8-4-5-9-16(15)24-21-17)20-14-10-19-22(12-14)11-13-6-2-1-3-7-13/h10,12-13,15-17,21H,1-9,11H2,(H,20,23). The first-order chi connectivity index (χ1) is 11.8. The van der Waals surface area contributed by atoms with Gasteiger partial charge in [0.1, 0.15) is 6.04 Å². The van der Waals surface area contributed by atoms with Gasteiger partial charge in [-0.15, -0.1) is 0 Å². The van der Waals surface area contributed by atoms with Crippen LogP contribution in [0.1, 0.15) is 57.8 Å². The van der Waals surface area contributed by atoms with E-state index in [2.05, 4.69) is 15.9 Å². The lowest BCUT2D eigenvalue weighted by molar-refractivity contribution is -0.119. The molecule has 3 atom stereocenters. The normalized spacial score (nSPS) is 30.9. The fourth-order valence-electron chi connectivity index (χ4n) is 4.53. The molecule has 3 unspecified atom stereocenters. The molecule has 2 heterocycles. The van der Waals surface area contributed by atoms with Crippen molar-refractivity contribution in [1.82, 2.24) is 15.3 Å². The third-order valence-corrected chi connectivity index (χ3v) is 5.88. The SMILES string of the molecule is O=C(Nc1cnn(CC2CCCCC2)c1)C1NOC2CCCCC21. The highest BCUT2D eigenvalue weighted by molar-refractivity contribution is 5.95. The van der Waals surface area contributed by atoms with E-state index in [0.717, 1.165) is 31.0 Å². The van der Waals surface area contributed by atoms with Crippen molar-refractivity contribution in [3.63, 3.8) is 0 Å². The van der Waals surface area contributed by atoms with Crippen LogP contribution in [0.25, 0.3) is 0 Å². The second-order valence-electron chi connectivity index (χ2n) is 7.64. The lowest BCUT2D eigenvalue weighted by Gasteiger charge is -2.24. The van der Waals surface area contributed by atoms with E-state index in [9.17, 15) is 4.79 Å². The highest BCUT2D eigenvalue weighted by Gasteiger charge is 2.42. The van der Waals surface area contributed by atoms with Crippen molar-refractivity contribution < 1.29 is 9.63 Å². The molecule has 4 rings (SSSR count). The molecule has 1 amide bonds. The predicted octanol–water partition coefficient (Wildman–Crippen LogP) is 2.86. The van der Waals surface area contributed by atoms with Crippen molar-refractivity contribution >= 4 is 11.6 Å². The van der Waals surface area contributed by atoms with Crippen molar-refractivity contribution in [3.8, 4) is 0 Å². The number of hydrogen-bond acceptors (Lipinski definition) is 4. The Balaban J connectivity index is 1.32. The molecule has 0 spiro atoms. The summed E-state index contributed by atoms with van der Waals surface area (Å²) < 4.78 is 1.98. The van der Waals surface area contributed by atoms with Gasteiger partial charge in [0.05, 0.1) is 18.0 Å². The first-order valence-electron chi connectivity index (χ1n) is 9.54. The van der Waals surface area contributed by atoms with E-state index in [0.29, 0.717) is 5.92 Å². The summed E-state index contributed by atoms with van der Waals surface area (Å²) in [4.78, 5) is 18.2. The van der Waals surface area contributed by atoms with Crippen LogP contribution < -0.4 is 10.8 Å². The van der Waals surface area contributed by atoms with Gasteiger partial charge in [0.15, 0.2) is 0 Å². The molecule has 2 aliphatic carbocycles. The maximum absolute atomic E-state index is 12.6. The molecule has 2 saturated carbocycles. The summed E-state index contributed by atoms with van der Waals surface area (Å²) in [5, 5.41) is 7.43. The molecular weight excluding hydrogens is 304 g/mol. The second kappa shape index (κ2) is 7.23. The Bertz CT molecular complexity index is 567. The minimum atomic E-state index is -0.239. The van der Waals surface area contributed by atoms with Crippen LogP contribution in [-0.2, 0) is 16.2 Å². The number of nitrogens with zero attached hydrogens (tertiary/aromatic N) is 2. The second-order valence-corrected chi connectivity index (χ2v) is 7.64. The maximum atomic E-state index is 12.6. The van der Waals surface area contributed by atoms with Crippen LogP contribution in [0, 0.1) is 11.8 Å². The van der Waals surface area contributed by atoms with Crippen molar-refractivity contribution in [2.75, 3.05) is 5.32 Å². The number of carbonyl (C=O) groups is 1. The number of hydrogen-bond donors (Lipinski definition) is 2. The van der Waals surface area contributed by atoms with Crippen LogP contribution in [0.4, 0.5) is 5.69 Å². The molecule has 132 valence electrons. The minimum absolute atomic E-state index is 0.00150. The molecular formula is C18H28N4O2. The van der Waals surface area contributed by atoms with Gasteiger partial charge in [-0.2, -0.15) is 10.6 Å². The summed E-state index contributed by atoms with van der Waals surface area (Å²) in [6.07, 6.45) is 15.1. The Kier molecular flexibility index (Phi) is 4.85. The zero-order valence-electron chi connectivity index (χ0n) is 14.2. The third-order valence-electron chi connectivity index (χ3n) is 5.88. The first kappa shape index (κ1) is 16.1. The summed E-state index contributed by atoms with van der Waals surface area (Å²) in [6.45, 7) is 0.964. The number of carbonyl (C=O) groups excluding carboxylic acids is 1. The number of fused-ring (bicyclic) bond motifs is 1. The zero-order chi connectivity index (χ0) is 16.4. The van der Waals surface area contributed by atoms with E-state index < -0.39 is 0 Å². The molecule has 24 heavy (non-hydrogen) atoms. The molecule has 1 saturated heterocycles. The van der Waals surface area contributed by atoms with Gasteiger partial charge in [-0.1, -0.05) is 32.1 Å². The third kappa shape index (κ3) is 3.49. The van der Waals surface area contributed by atoms with Crippen LogP contribution in [0.2, 0.25) is 0 Å². The number of amides is 1. The lowest BCUT2D eigenvalue weighted by Crippen LogP contribution is -2.41. The number of anilines is 1. The van der Waals surface area contributed by atoms with E-state index in [1.54, 1.807) is 6.20 Å². The fraction of sp³-hybridized carbons (Fsp3) is 0.778. The Morgan fingerprint density at radius 2 is 2.00 bits per heavy atom. The molecule has 6 heteroatoms. The van der Waals surface area contributed by atoms with Crippen LogP contribution in [0.15, 0.2) is 12.4 Å². The Morgan fingerprint density at radius 1 is 1.21 bits per heavy atom. The van der Waals surface area contributed by atoms with E-state index in [1.165, 1.54) is 44.9 Å². The molecule has 1 aliphatic heterocycles. The first-order valence-corrected chi connectivity index (χ1v) is 9.54. The summed E-state index contributed by atoms with van der Waals surface area (Å²) in [5.41, 5.74) is 3.74. The Morgan fingerprint density at radius 3 is 2.88 bits per heavy atom. The molecule has 1 aromatic heterocycles. The molecule has 0 bridgehead atoms. The smallest absolute Gasteiger partial charge is 0.244 e. The Labute approximate surface area is 143 Å². The lowest BCUT2D eigenvalue weighted by atomic mass is 9.82. The van der Waals surface area contributed by atoms with E-state index in [-0.39, 0.29) is 18.1 Å². The maximum Gasteiger partial charge on any atom is 0.244 e. The number of nitrogens with one attached hydrogen (secondary N) is 2. The van der Waals surface area contributed by atoms with Crippen molar-refractivity contribution in [3.05, 3.63) is 12.4 Å². The van der Waals surface area contributed by atoms with Crippen molar-refractivity contribution in [1.29, 1.82) is 0 Å². The van der Waals surface area contributed by atoms with E-state index >= 15 is 0 Å². The van der Waals surface area contributed by atoms with Gasteiger partial charge in [0.25, 0.3) is 0 Å².